The van der Waals surface area contributed by atoms with Crippen molar-refractivity contribution in [1.29, 1.82) is 0 Å². The van der Waals surface area contributed by atoms with Crippen molar-refractivity contribution in [2.75, 3.05) is 39.4 Å². The zero-order chi connectivity index (χ0) is 19.4. The zero-order valence-corrected chi connectivity index (χ0v) is 18.8. The fraction of sp³-hybridized carbons (Fsp3) is 1.00. The molecule has 0 spiro atoms. The summed E-state index contributed by atoms with van der Waals surface area (Å²) in [5.74, 6) is 1.99. The van der Waals surface area contributed by atoms with Crippen LogP contribution in [-0.4, -0.2) is 61.3 Å². The minimum atomic E-state index is 0.689. The Hall–Kier alpha value is -0.120. The lowest BCUT2D eigenvalue weighted by atomic mass is 9.82. The van der Waals surface area contributed by atoms with Crippen molar-refractivity contribution in [3.05, 3.63) is 0 Å². The van der Waals surface area contributed by atoms with Crippen molar-refractivity contribution in [3.63, 3.8) is 0 Å². The molecule has 3 aliphatic rings. The van der Waals surface area contributed by atoms with Gasteiger partial charge in [0, 0.05) is 25.2 Å². The van der Waals surface area contributed by atoms with Gasteiger partial charge in [-0.2, -0.15) is 0 Å². The first-order chi connectivity index (χ1) is 12.4. The van der Waals surface area contributed by atoms with Crippen LogP contribution in [0, 0.1) is 11.8 Å². The van der Waals surface area contributed by atoms with Crippen LogP contribution in [0.2, 0.25) is 0 Å². The second-order valence-corrected chi connectivity index (χ2v) is 9.22. The largest absolute Gasteiger partial charge is 0.379 e. The molecule has 3 fully saturated rings. The van der Waals surface area contributed by atoms with Crippen LogP contribution in [0.4, 0.5) is 0 Å². The topological polar surface area (TPSA) is 15.7 Å². The predicted molar refractivity (Wildman–Crippen MR) is 115 cm³/mol. The third-order valence-electron chi connectivity index (χ3n) is 6.24. The molecule has 0 radical (unpaired) electrons. The molecule has 3 nitrogen and oxygen atoms in total. The summed E-state index contributed by atoms with van der Waals surface area (Å²) in [7, 11) is 0. The molecule has 0 amide bonds. The van der Waals surface area contributed by atoms with E-state index in [9.17, 15) is 0 Å². The molecule has 3 rings (SSSR count). The molecule has 2 aliphatic heterocycles. The molecule has 0 unspecified atom stereocenters. The lowest BCUT2D eigenvalue weighted by Crippen LogP contribution is -2.40. The van der Waals surface area contributed by atoms with Gasteiger partial charge in [-0.1, -0.05) is 46.0 Å². The molecular formula is C23H48N2O. The van der Waals surface area contributed by atoms with Crippen LogP contribution < -0.4 is 0 Å². The Morgan fingerprint density at radius 2 is 1.08 bits per heavy atom. The summed E-state index contributed by atoms with van der Waals surface area (Å²) >= 11 is 0. The molecule has 0 N–H and O–H groups in total. The third-order valence-corrected chi connectivity index (χ3v) is 6.24. The second kappa shape index (κ2) is 14.0. The summed E-state index contributed by atoms with van der Waals surface area (Å²) in [6.45, 7) is 20.4. The monoisotopic (exact) mass is 368 g/mol. The lowest BCUT2D eigenvalue weighted by molar-refractivity contribution is 0.0238. The summed E-state index contributed by atoms with van der Waals surface area (Å²) < 4.78 is 5.21. The van der Waals surface area contributed by atoms with E-state index in [0.29, 0.717) is 6.04 Å². The van der Waals surface area contributed by atoms with Crippen LogP contribution in [0.25, 0.3) is 0 Å². The molecule has 1 aliphatic carbocycles. The van der Waals surface area contributed by atoms with E-state index in [-0.39, 0.29) is 0 Å². The van der Waals surface area contributed by atoms with E-state index in [1.54, 1.807) is 0 Å². The van der Waals surface area contributed by atoms with Gasteiger partial charge in [0.25, 0.3) is 0 Å². The van der Waals surface area contributed by atoms with Gasteiger partial charge < -0.3 is 9.64 Å². The highest BCUT2D eigenvalue weighted by Crippen LogP contribution is 2.29. The van der Waals surface area contributed by atoms with Crippen LogP contribution in [0.15, 0.2) is 0 Å². The highest BCUT2D eigenvalue weighted by atomic mass is 16.5. The summed E-state index contributed by atoms with van der Waals surface area (Å²) in [6.07, 6.45) is 10.3. The van der Waals surface area contributed by atoms with Gasteiger partial charge in [-0.3, -0.25) is 4.90 Å². The van der Waals surface area contributed by atoms with E-state index in [4.69, 9.17) is 4.74 Å². The average molecular weight is 369 g/mol. The number of morpholine rings is 1. The first kappa shape index (κ1) is 23.9. The number of nitrogens with zero attached hydrogens (tertiary/aromatic N) is 2. The first-order valence-electron chi connectivity index (χ1n) is 11.5. The van der Waals surface area contributed by atoms with Crippen molar-refractivity contribution in [3.8, 4) is 0 Å². The summed E-state index contributed by atoms with van der Waals surface area (Å²) in [5, 5.41) is 0. The smallest absolute Gasteiger partial charge is 0.0594 e. The van der Waals surface area contributed by atoms with E-state index < -0.39 is 0 Å². The van der Waals surface area contributed by atoms with Crippen molar-refractivity contribution in [2.45, 2.75) is 98.6 Å². The zero-order valence-electron chi connectivity index (χ0n) is 18.8. The molecule has 3 heteroatoms. The number of rotatable bonds is 3. The van der Waals surface area contributed by atoms with Gasteiger partial charge >= 0.3 is 0 Å². The van der Waals surface area contributed by atoms with E-state index in [0.717, 1.165) is 44.2 Å². The highest BCUT2D eigenvalue weighted by Gasteiger charge is 2.16. The molecule has 1 saturated carbocycles. The van der Waals surface area contributed by atoms with Crippen LogP contribution >= 0.6 is 0 Å². The molecule has 26 heavy (non-hydrogen) atoms. The Morgan fingerprint density at radius 1 is 0.615 bits per heavy atom. The molecule has 0 bridgehead atoms. The molecule has 2 saturated heterocycles. The lowest BCUT2D eigenvalue weighted by Gasteiger charge is -2.29. The van der Waals surface area contributed by atoms with Gasteiger partial charge in [-0.05, 0) is 65.5 Å². The highest BCUT2D eigenvalue weighted by molar-refractivity contribution is 4.69. The van der Waals surface area contributed by atoms with Gasteiger partial charge in [-0.15, -0.1) is 0 Å². The van der Waals surface area contributed by atoms with Crippen LogP contribution in [0.3, 0.4) is 0 Å². The van der Waals surface area contributed by atoms with Crippen LogP contribution in [-0.2, 0) is 4.74 Å². The van der Waals surface area contributed by atoms with Crippen molar-refractivity contribution < 1.29 is 4.74 Å². The Kier molecular flexibility index (Phi) is 12.8. The fourth-order valence-electron chi connectivity index (χ4n) is 4.15. The van der Waals surface area contributed by atoms with Crippen molar-refractivity contribution in [2.24, 2.45) is 11.8 Å². The maximum Gasteiger partial charge on any atom is 0.0594 e. The third kappa shape index (κ3) is 10.3. The van der Waals surface area contributed by atoms with Crippen molar-refractivity contribution >= 4 is 0 Å². The molecule has 156 valence electrons. The average Bonchev–Trinajstić information content (AvgIpc) is 3.19. The van der Waals surface area contributed by atoms with Crippen molar-refractivity contribution in [1.82, 2.24) is 9.80 Å². The Bertz CT molecular complexity index is 290. The van der Waals surface area contributed by atoms with E-state index in [1.807, 2.05) is 0 Å². The van der Waals surface area contributed by atoms with Gasteiger partial charge in [0.1, 0.15) is 0 Å². The molecule has 0 aromatic heterocycles. The van der Waals surface area contributed by atoms with Gasteiger partial charge in [0.15, 0.2) is 0 Å². The maximum atomic E-state index is 5.21. The molecular weight excluding hydrogens is 320 g/mol. The Labute approximate surface area is 164 Å². The number of likely N-dealkylation sites (tertiary alicyclic amines) is 1. The van der Waals surface area contributed by atoms with E-state index >= 15 is 0 Å². The normalized spacial score (nSPS) is 23.0. The molecule has 0 aromatic rings. The van der Waals surface area contributed by atoms with Crippen LogP contribution in [0.1, 0.15) is 86.5 Å². The van der Waals surface area contributed by atoms with Crippen LogP contribution in [0.5, 0.6) is 0 Å². The number of hydrogen-bond acceptors (Lipinski definition) is 3. The van der Waals surface area contributed by atoms with Gasteiger partial charge in [0.2, 0.25) is 0 Å². The molecule has 2 heterocycles. The van der Waals surface area contributed by atoms with Gasteiger partial charge in [-0.25, -0.2) is 0 Å². The first-order valence-corrected chi connectivity index (χ1v) is 11.5. The predicted octanol–water partition coefficient (Wildman–Crippen LogP) is 5.44. The SMILES string of the molecule is CC(C)C1CCCCC1.CC(C)N1CCCC1.CC(C)N1CCOCC1. The quantitative estimate of drug-likeness (QED) is 0.659. The minimum absolute atomic E-state index is 0.689. The van der Waals surface area contributed by atoms with E-state index in [1.165, 1.54) is 58.0 Å². The number of ether oxygens (including phenoxy) is 1. The Balaban J connectivity index is 0.000000195. The fourth-order valence-corrected chi connectivity index (χ4v) is 4.15. The Morgan fingerprint density at radius 3 is 1.38 bits per heavy atom. The minimum Gasteiger partial charge on any atom is -0.379 e. The number of hydrogen-bond donors (Lipinski definition) is 0. The molecule has 0 atom stereocenters. The van der Waals surface area contributed by atoms with Gasteiger partial charge in [0.05, 0.1) is 13.2 Å². The second-order valence-electron chi connectivity index (χ2n) is 9.22. The maximum absolute atomic E-state index is 5.21. The molecule has 0 aromatic carbocycles. The standard InChI is InChI=1S/C9H18.C7H15NO.C7H15N/c1-8(2)9-6-4-3-5-7-9;1-7(2)8-3-5-9-6-4-8;1-7(2)8-5-3-4-6-8/h8-9H,3-7H2,1-2H3;7H,3-6H2,1-2H3;7H,3-6H2,1-2H3. The van der Waals surface area contributed by atoms with E-state index in [2.05, 4.69) is 51.3 Å². The summed E-state index contributed by atoms with van der Waals surface area (Å²) in [4.78, 5) is 4.96. The summed E-state index contributed by atoms with van der Waals surface area (Å²) in [6, 6.07) is 1.46. The summed E-state index contributed by atoms with van der Waals surface area (Å²) in [5.41, 5.74) is 0.